The van der Waals surface area contributed by atoms with Gasteiger partial charge in [0.1, 0.15) is 0 Å². The highest BCUT2D eigenvalue weighted by Gasteiger charge is 2.45. The Labute approximate surface area is 121 Å². The van der Waals surface area contributed by atoms with Crippen LogP contribution in [0.25, 0.3) is 0 Å². The van der Waals surface area contributed by atoms with E-state index in [9.17, 15) is 14.7 Å². The summed E-state index contributed by atoms with van der Waals surface area (Å²) in [6.07, 6.45) is 4.51. The van der Waals surface area contributed by atoms with E-state index >= 15 is 0 Å². The highest BCUT2D eigenvalue weighted by molar-refractivity contribution is 5.85. The predicted octanol–water partition coefficient (Wildman–Crippen LogP) is 2.91. The lowest BCUT2D eigenvalue weighted by Crippen LogP contribution is -2.50. The van der Waals surface area contributed by atoms with Gasteiger partial charge < -0.3 is 10.0 Å². The van der Waals surface area contributed by atoms with Gasteiger partial charge in [-0.3, -0.25) is 9.59 Å². The van der Waals surface area contributed by atoms with Gasteiger partial charge in [-0.25, -0.2) is 0 Å². The number of hydrogen-bond acceptors (Lipinski definition) is 2. The van der Waals surface area contributed by atoms with Crippen LogP contribution in [-0.2, 0) is 9.59 Å². The van der Waals surface area contributed by atoms with Gasteiger partial charge in [0.15, 0.2) is 0 Å². The number of carboxylic acids is 1. The van der Waals surface area contributed by atoms with Crippen molar-refractivity contribution in [1.29, 1.82) is 0 Å². The van der Waals surface area contributed by atoms with E-state index in [0.29, 0.717) is 24.7 Å². The molecule has 114 valence electrons. The zero-order chi connectivity index (χ0) is 14.9. The molecule has 1 saturated heterocycles. The molecule has 2 fully saturated rings. The van der Waals surface area contributed by atoms with Crippen LogP contribution in [0.1, 0.15) is 59.3 Å². The first-order valence-electron chi connectivity index (χ1n) is 7.88. The van der Waals surface area contributed by atoms with Crippen LogP contribution in [0.3, 0.4) is 0 Å². The third-order valence-electron chi connectivity index (χ3n) is 5.42. The normalized spacial score (nSPS) is 33.1. The molecule has 3 atom stereocenters. The van der Waals surface area contributed by atoms with E-state index in [2.05, 4.69) is 20.8 Å². The van der Waals surface area contributed by atoms with E-state index in [1.54, 1.807) is 0 Å². The maximum Gasteiger partial charge on any atom is 0.310 e. The SMILES string of the molecule is CC1CC(C)C(C)N(C(=O)CC2(C(=O)O)CCCC2)C1. The molecule has 0 radical (unpaired) electrons. The standard InChI is InChI=1S/C16H27NO3/c1-11-8-12(2)13(3)17(10-11)14(18)9-16(15(19)20)6-4-5-7-16/h11-13H,4-10H2,1-3H3,(H,19,20). The van der Waals surface area contributed by atoms with Crippen LogP contribution < -0.4 is 0 Å². The smallest absolute Gasteiger partial charge is 0.310 e. The second kappa shape index (κ2) is 5.74. The maximum atomic E-state index is 12.6. The van der Waals surface area contributed by atoms with Crippen LogP contribution in [-0.4, -0.2) is 34.5 Å². The Balaban J connectivity index is 2.08. The summed E-state index contributed by atoms with van der Waals surface area (Å²) in [4.78, 5) is 26.1. The van der Waals surface area contributed by atoms with Gasteiger partial charge in [0.2, 0.25) is 5.91 Å². The van der Waals surface area contributed by atoms with Crippen molar-refractivity contribution in [1.82, 2.24) is 4.90 Å². The first-order chi connectivity index (χ1) is 9.35. The van der Waals surface area contributed by atoms with E-state index in [1.807, 2.05) is 4.90 Å². The highest BCUT2D eigenvalue weighted by atomic mass is 16.4. The minimum Gasteiger partial charge on any atom is -0.481 e. The number of aliphatic carboxylic acids is 1. The Bertz CT molecular complexity index is 387. The number of rotatable bonds is 3. The molecule has 1 N–H and O–H groups in total. The fraction of sp³-hybridized carbons (Fsp3) is 0.875. The number of carbonyl (C=O) groups excluding carboxylic acids is 1. The summed E-state index contributed by atoms with van der Waals surface area (Å²) in [6, 6.07) is 0.228. The number of piperidine rings is 1. The molecule has 3 unspecified atom stereocenters. The molecular formula is C16H27NO3. The van der Waals surface area contributed by atoms with Crippen LogP contribution in [0.2, 0.25) is 0 Å². The average molecular weight is 281 g/mol. The largest absolute Gasteiger partial charge is 0.481 e. The summed E-state index contributed by atoms with van der Waals surface area (Å²) in [7, 11) is 0. The summed E-state index contributed by atoms with van der Waals surface area (Å²) in [5.74, 6) is 0.260. The molecule has 1 aliphatic heterocycles. The van der Waals surface area contributed by atoms with Crippen molar-refractivity contribution in [2.24, 2.45) is 17.3 Å². The number of amides is 1. The molecule has 0 aromatic carbocycles. The molecule has 20 heavy (non-hydrogen) atoms. The molecule has 0 aromatic rings. The van der Waals surface area contributed by atoms with Crippen LogP contribution >= 0.6 is 0 Å². The van der Waals surface area contributed by atoms with Crippen molar-refractivity contribution in [3.63, 3.8) is 0 Å². The van der Waals surface area contributed by atoms with Gasteiger partial charge >= 0.3 is 5.97 Å². The second-order valence-corrected chi connectivity index (χ2v) is 7.07. The van der Waals surface area contributed by atoms with E-state index in [1.165, 1.54) is 0 Å². The second-order valence-electron chi connectivity index (χ2n) is 7.07. The molecule has 0 spiro atoms. The average Bonchev–Trinajstić information content (AvgIpc) is 2.83. The molecule has 4 nitrogen and oxygen atoms in total. The van der Waals surface area contributed by atoms with Crippen molar-refractivity contribution in [2.75, 3.05) is 6.54 Å². The van der Waals surface area contributed by atoms with Crippen LogP contribution in [0.15, 0.2) is 0 Å². The number of hydrogen-bond donors (Lipinski definition) is 1. The molecular weight excluding hydrogens is 254 g/mol. The minimum atomic E-state index is -0.791. The third kappa shape index (κ3) is 2.84. The first-order valence-corrected chi connectivity index (χ1v) is 7.88. The maximum absolute atomic E-state index is 12.6. The molecule has 1 amide bonds. The first kappa shape index (κ1) is 15.3. The van der Waals surface area contributed by atoms with Gasteiger partial charge in [-0.2, -0.15) is 0 Å². The lowest BCUT2D eigenvalue weighted by atomic mass is 9.80. The Kier molecular flexibility index (Phi) is 4.40. The van der Waals surface area contributed by atoms with Gasteiger partial charge in [-0.05, 0) is 38.0 Å². The molecule has 1 heterocycles. The van der Waals surface area contributed by atoms with Crippen LogP contribution in [0, 0.1) is 17.3 Å². The van der Waals surface area contributed by atoms with Crippen molar-refractivity contribution in [2.45, 2.75) is 65.3 Å². The summed E-state index contributed by atoms with van der Waals surface area (Å²) >= 11 is 0. The highest BCUT2D eigenvalue weighted by Crippen LogP contribution is 2.42. The Morgan fingerprint density at radius 2 is 1.80 bits per heavy atom. The van der Waals surface area contributed by atoms with Crippen molar-refractivity contribution < 1.29 is 14.7 Å². The predicted molar refractivity (Wildman–Crippen MR) is 77.3 cm³/mol. The van der Waals surface area contributed by atoms with Gasteiger partial charge in [-0.1, -0.05) is 26.7 Å². The Morgan fingerprint density at radius 1 is 1.20 bits per heavy atom. The zero-order valence-corrected chi connectivity index (χ0v) is 12.9. The number of nitrogens with zero attached hydrogens (tertiary/aromatic N) is 1. The lowest BCUT2D eigenvalue weighted by molar-refractivity contribution is -0.155. The van der Waals surface area contributed by atoms with E-state index in [0.717, 1.165) is 25.8 Å². The van der Waals surface area contributed by atoms with Crippen LogP contribution in [0.5, 0.6) is 0 Å². The molecule has 0 bridgehead atoms. The van der Waals surface area contributed by atoms with Gasteiger partial charge in [-0.15, -0.1) is 0 Å². The topological polar surface area (TPSA) is 57.6 Å². The molecule has 1 saturated carbocycles. The van der Waals surface area contributed by atoms with Crippen molar-refractivity contribution >= 4 is 11.9 Å². The van der Waals surface area contributed by atoms with Gasteiger partial charge in [0.05, 0.1) is 5.41 Å². The molecule has 2 rings (SSSR count). The number of likely N-dealkylation sites (tertiary alicyclic amines) is 1. The number of carbonyl (C=O) groups is 2. The molecule has 2 aliphatic rings. The summed E-state index contributed by atoms with van der Waals surface area (Å²) in [6.45, 7) is 7.23. The fourth-order valence-electron chi connectivity index (χ4n) is 3.95. The van der Waals surface area contributed by atoms with Gasteiger partial charge in [0, 0.05) is 19.0 Å². The van der Waals surface area contributed by atoms with E-state index < -0.39 is 11.4 Å². The monoisotopic (exact) mass is 281 g/mol. The Morgan fingerprint density at radius 3 is 2.35 bits per heavy atom. The zero-order valence-electron chi connectivity index (χ0n) is 12.9. The molecule has 0 aromatic heterocycles. The summed E-state index contributed by atoms with van der Waals surface area (Å²) in [5.41, 5.74) is -0.791. The quantitative estimate of drug-likeness (QED) is 0.865. The Hall–Kier alpha value is -1.06. The summed E-state index contributed by atoms with van der Waals surface area (Å²) in [5, 5.41) is 9.51. The van der Waals surface area contributed by atoms with Crippen molar-refractivity contribution in [3.05, 3.63) is 0 Å². The van der Waals surface area contributed by atoms with E-state index in [4.69, 9.17) is 0 Å². The number of carboxylic acid groups (broad SMARTS) is 1. The van der Waals surface area contributed by atoms with E-state index in [-0.39, 0.29) is 18.4 Å². The van der Waals surface area contributed by atoms with Crippen molar-refractivity contribution in [3.8, 4) is 0 Å². The van der Waals surface area contributed by atoms with Crippen LogP contribution in [0.4, 0.5) is 0 Å². The molecule has 4 heteroatoms. The summed E-state index contributed by atoms with van der Waals surface area (Å²) < 4.78 is 0. The minimum absolute atomic E-state index is 0.0419. The molecule has 1 aliphatic carbocycles. The van der Waals surface area contributed by atoms with Gasteiger partial charge in [0.25, 0.3) is 0 Å². The lowest BCUT2D eigenvalue weighted by Gasteiger charge is -2.42. The fourth-order valence-corrected chi connectivity index (χ4v) is 3.95. The third-order valence-corrected chi connectivity index (χ3v) is 5.42.